The lowest BCUT2D eigenvalue weighted by Crippen LogP contribution is -2.39. The maximum atomic E-state index is 12.4. The van der Waals surface area contributed by atoms with Crippen molar-refractivity contribution in [3.63, 3.8) is 0 Å². The Bertz CT molecular complexity index is 699. The van der Waals surface area contributed by atoms with Gasteiger partial charge in [0.15, 0.2) is 0 Å². The zero-order valence-corrected chi connectivity index (χ0v) is 13.1. The number of morpholine rings is 1. The summed E-state index contributed by atoms with van der Waals surface area (Å²) >= 11 is 0. The van der Waals surface area contributed by atoms with Crippen LogP contribution in [0.15, 0.2) is 12.1 Å². The predicted molar refractivity (Wildman–Crippen MR) is 84.8 cm³/mol. The van der Waals surface area contributed by atoms with Crippen molar-refractivity contribution in [2.75, 3.05) is 45.1 Å². The number of imide groups is 1. The Morgan fingerprint density at radius 1 is 1.12 bits per heavy atom. The van der Waals surface area contributed by atoms with Gasteiger partial charge >= 0.3 is 0 Å². The van der Waals surface area contributed by atoms with Crippen LogP contribution in [0.5, 0.6) is 0 Å². The van der Waals surface area contributed by atoms with Crippen molar-refractivity contribution in [1.29, 1.82) is 0 Å². The lowest BCUT2D eigenvalue weighted by molar-refractivity contribution is -0.383. The van der Waals surface area contributed by atoms with Crippen molar-refractivity contribution in [2.45, 2.75) is 6.42 Å². The number of nitro benzene ring substituents is 1. The molecule has 1 aromatic rings. The molecule has 128 valence electrons. The van der Waals surface area contributed by atoms with E-state index in [1.165, 1.54) is 6.07 Å². The van der Waals surface area contributed by atoms with Gasteiger partial charge in [0.25, 0.3) is 17.5 Å². The van der Waals surface area contributed by atoms with Gasteiger partial charge in [0, 0.05) is 32.2 Å². The molecule has 24 heavy (non-hydrogen) atoms. The molecule has 2 amide bonds. The van der Waals surface area contributed by atoms with Crippen LogP contribution in [0.2, 0.25) is 0 Å². The molecule has 9 nitrogen and oxygen atoms in total. The smallest absolute Gasteiger partial charge is 0.292 e. The molecule has 1 saturated heterocycles. The highest BCUT2D eigenvalue weighted by molar-refractivity contribution is 6.22. The molecule has 2 heterocycles. The molecule has 0 unspecified atom stereocenters. The number of nitrogens with two attached hydrogens (primary N) is 1. The first kappa shape index (κ1) is 16.3. The van der Waals surface area contributed by atoms with Crippen LogP contribution in [0.4, 0.5) is 11.4 Å². The number of hydrogen-bond donors (Lipinski definition) is 1. The molecule has 1 fully saturated rings. The zero-order chi connectivity index (χ0) is 17.3. The highest BCUT2D eigenvalue weighted by Gasteiger charge is 2.37. The number of carbonyl (C=O) groups is 2. The minimum absolute atomic E-state index is 0.0484. The third-order valence-corrected chi connectivity index (χ3v) is 4.27. The molecule has 0 spiro atoms. The van der Waals surface area contributed by atoms with E-state index in [1.807, 2.05) is 0 Å². The summed E-state index contributed by atoms with van der Waals surface area (Å²) < 4.78 is 5.27. The van der Waals surface area contributed by atoms with Crippen LogP contribution >= 0.6 is 0 Å². The fourth-order valence-corrected chi connectivity index (χ4v) is 2.98. The predicted octanol–water partition coefficient (Wildman–Crippen LogP) is 0.495. The van der Waals surface area contributed by atoms with E-state index in [2.05, 4.69) is 4.90 Å². The van der Waals surface area contributed by atoms with Crippen molar-refractivity contribution in [1.82, 2.24) is 9.80 Å². The van der Waals surface area contributed by atoms with Crippen molar-refractivity contribution in [3.05, 3.63) is 33.4 Å². The Hall–Kier alpha value is -2.52. The Labute approximate surface area is 138 Å². The fourth-order valence-electron chi connectivity index (χ4n) is 2.98. The van der Waals surface area contributed by atoms with E-state index in [-0.39, 0.29) is 29.0 Å². The van der Waals surface area contributed by atoms with Crippen molar-refractivity contribution in [2.24, 2.45) is 0 Å². The number of nitrogen functional groups attached to an aromatic ring is 1. The number of fused-ring (bicyclic) bond motifs is 1. The Balaban J connectivity index is 1.69. The van der Waals surface area contributed by atoms with Gasteiger partial charge in [-0.1, -0.05) is 0 Å². The summed E-state index contributed by atoms with van der Waals surface area (Å²) in [5.41, 5.74) is 5.31. The summed E-state index contributed by atoms with van der Waals surface area (Å²) in [4.78, 5) is 38.4. The summed E-state index contributed by atoms with van der Waals surface area (Å²) in [5.74, 6) is -0.946. The third-order valence-electron chi connectivity index (χ3n) is 4.27. The molecule has 0 bridgehead atoms. The monoisotopic (exact) mass is 334 g/mol. The van der Waals surface area contributed by atoms with E-state index >= 15 is 0 Å². The van der Waals surface area contributed by atoms with Crippen LogP contribution in [0, 0.1) is 10.1 Å². The number of benzene rings is 1. The first-order valence-corrected chi connectivity index (χ1v) is 7.73. The van der Waals surface area contributed by atoms with Gasteiger partial charge in [-0.3, -0.25) is 29.5 Å². The van der Waals surface area contributed by atoms with E-state index < -0.39 is 16.7 Å². The normalized spacial score (nSPS) is 18.1. The second-order valence-electron chi connectivity index (χ2n) is 5.78. The maximum absolute atomic E-state index is 12.4. The first-order chi connectivity index (χ1) is 11.5. The molecular formula is C15H18N4O5. The van der Waals surface area contributed by atoms with E-state index in [4.69, 9.17) is 10.5 Å². The van der Waals surface area contributed by atoms with Gasteiger partial charge in [-0.2, -0.15) is 0 Å². The molecular weight excluding hydrogens is 316 g/mol. The van der Waals surface area contributed by atoms with Gasteiger partial charge in [0.2, 0.25) is 0 Å². The van der Waals surface area contributed by atoms with E-state index in [9.17, 15) is 19.7 Å². The minimum atomic E-state index is -0.658. The third kappa shape index (κ3) is 2.95. The Kier molecular flexibility index (Phi) is 4.45. The molecule has 0 aromatic heterocycles. The van der Waals surface area contributed by atoms with Crippen LogP contribution in [0.25, 0.3) is 0 Å². The number of amides is 2. The number of hydrogen-bond acceptors (Lipinski definition) is 7. The Morgan fingerprint density at radius 3 is 2.38 bits per heavy atom. The summed E-state index contributed by atoms with van der Waals surface area (Å²) in [7, 11) is 0. The molecule has 0 aliphatic carbocycles. The molecule has 9 heteroatoms. The highest BCUT2D eigenvalue weighted by Crippen LogP contribution is 2.31. The largest absolute Gasteiger partial charge is 0.393 e. The van der Waals surface area contributed by atoms with Gasteiger partial charge in [0.1, 0.15) is 5.69 Å². The van der Waals surface area contributed by atoms with E-state index in [1.54, 1.807) is 0 Å². The average Bonchev–Trinajstić information content (AvgIpc) is 2.79. The lowest BCUT2D eigenvalue weighted by Gasteiger charge is -2.27. The molecule has 2 aliphatic rings. The summed E-state index contributed by atoms with van der Waals surface area (Å²) in [6, 6.07) is 2.31. The fraction of sp³-hybridized carbons (Fsp3) is 0.467. The van der Waals surface area contributed by atoms with Gasteiger partial charge in [0.05, 0.1) is 29.3 Å². The van der Waals surface area contributed by atoms with Crippen molar-refractivity contribution in [3.8, 4) is 0 Å². The summed E-state index contributed by atoms with van der Waals surface area (Å²) in [5, 5.41) is 10.9. The summed E-state index contributed by atoms with van der Waals surface area (Å²) in [6.07, 6.45) is 0.642. The van der Waals surface area contributed by atoms with Crippen LogP contribution < -0.4 is 5.73 Å². The standard InChI is InChI=1S/C15H18N4O5/c16-12-8-10-11(9-13(12)19(22)23)15(21)18(14(10)20)3-1-2-17-4-6-24-7-5-17/h8-9H,1-7,16H2. The number of rotatable bonds is 5. The number of nitrogens with zero attached hydrogens (tertiary/aromatic N) is 3. The molecule has 0 atom stereocenters. The average molecular weight is 334 g/mol. The van der Waals surface area contributed by atoms with Crippen LogP contribution in [0.1, 0.15) is 27.1 Å². The molecule has 3 rings (SSSR count). The quantitative estimate of drug-likeness (QED) is 0.360. The van der Waals surface area contributed by atoms with Crippen LogP contribution in [-0.2, 0) is 4.74 Å². The zero-order valence-electron chi connectivity index (χ0n) is 13.1. The van der Waals surface area contributed by atoms with Crippen molar-refractivity contribution >= 4 is 23.2 Å². The van der Waals surface area contributed by atoms with Crippen molar-refractivity contribution < 1.29 is 19.2 Å². The SMILES string of the molecule is Nc1cc2c(cc1[N+](=O)[O-])C(=O)N(CCCN1CCOCC1)C2=O. The van der Waals surface area contributed by atoms with E-state index in [0.29, 0.717) is 19.6 Å². The number of ether oxygens (including phenoxy) is 1. The highest BCUT2D eigenvalue weighted by atomic mass is 16.6. The summed E-state index contributed by atoms with van der Waals surface area (Å²) in [6.45, 7) is 4.10. The number of nitro groups is 1. The van der Waals surface area contributed by atoms with Gasteiger partial charge in [-0.25, -0.2) is 0 Å². The number of anilines is 1. The first-order valence-electron chi connectivity index (χ1n) is 7.73. The number of carbonyl (C=O) groups excluding carboxylic acids is 2. The lowest BCUT2D eigenvalue weighted by atomic mass is 10.1. The molecule has 2 aliphatic heterocycles. The molecule has 2 N–H and O–H groups in total. The molecule has 0 radical (unpaired) electrons. The second-order valence-corrected chi connectivity index (χ2v) is 5.78. The second kappa shape index (κ2) is 6.54. The Morgan fingerprint density at radius 2 is 1.75 bits per heavy atom. The van der Waals surface area contributed by atoms with Crippen LogP contribution in [0.3, 0.4) is 0 Å². The van der Waals surface area contributed by atoms with E-state index in [0.717, 1.165) is 30.6 Å². The molecule has 0 saturated carbocycles. The maximum Gasteiger partial charge on any atom is 0.292 e. The minimum Gasteiger partial charge on any atom is -0.393 e. The topological polar surface area (TPSA) is 119 Å². The van der Waals surface area contributed by atoms with Gasteiger partial charge in [-0.05, 0) is 12.5 Å². The van der Waals surface area contributed by atoms with Gasteiger partial charge < -0.3 is 10.5 Å². The van der Waals surface area contributed by atoms with Gasteiger partial charge in [-0.15, -0.1) is 0 Å². The van der Waals surface area contributed by atoms with Crippen LogP contribution in [-0.4, -0.2) is 65.9 Å². The molecule has 1 aromatic carbocycles.